The fourth-order valence-electron chi connectivity index (χ4n) is 1.42. The van der Waals surface area contributed by atoms with E-state index in [1.54, 1.807) is 0 Å². The molecule has 0 saturated carbocycles. The van der Waals surface area contributed by atoms with E-state index in [2.05, 4.69) is 9.72 Å². The van der Waals surface area contributed by atoms with Crippen molar-refractivity contribution < 1.29 is 27.1 Å². The van der Waals surface area contributed by atoms with Gasteiger partial charge in [-0.2, -0.15) is 0 Å². The van der Waals surface area contributed by atoms with Crippen LogP contribution in [0.4, 0.5) is 9.18 Å². The van der Waals surface area contributed by atoms with Crippen LogP contribution >= 0.6 is 0 Å². The zero-order valence-corrected chi connectivity index (χ0v) is 11.2. The number of urea groups is 1. The number of carbonyl (C=O) groups is 2. The van der Waals surface area contributed by atoms with Crippen LogP contribution in [0, 0.1) is 0 Å². The van der Waals surface area contributed by atoms with Crippen LogP contribution in [0.15, 0.2) is 23.2 Å². The fraction of sp³-hybridized carbons (Fsp3) is 0.300. The minimum Gasteiger partial charge on any atom is -0.453 e. The second-order valence-corrected chi connectivity index (χ2v) is 5.26. The molecule has 1 heterocycles. The number of hydrogen-bond donors (Lipinski definition) is 2. The van der Waals surface area contributed by atoms with E-state index in [-0.39, 0.29) is 5.69 Å². The number of alkyl halides is 1. The topological polar surface area (TPSA) is 128 Å². The van der Waals surface area contributed by atoms with Gasteiger partial charge in [-0.3, -0.25) is 9.78 Å². The number of aromatic nitrogens is 1. The Morgan fingerprint density at radius 3 is 2.70 bits per heavy atom. The summed E-state index contributed by atoms with van der Waals surface area (Å²) in [7, 11) is -4.33. The summed E-state index contributed by atoms with van der Waals surface area (Å²) in [5.74, 6) is -0.801. The van der Waals surface area contributed by atoms with Gasteiger partial charge in [0.05, 0.1) is 0 Å². The molecular weight excluding hydrogens is 293 g/mol. The third kappa shape index (κ3) is 3.88. The van der Waals surface area contributed by atoms with Gasteiger partial charge in [0.25, 0.3) is 10.0 Å². The van der Waals surface area contributed by atoms with E-state index in [1.807, 2.05) is 0 Å². The maximum Gasteiger partial charge on any atom is 0.326 e. The predicted molar refractivity (Wildman–Crippen MR) is 64.6 cm³/mol. The van der Waals surface area contributed by atoms with Gasteiger partial charge in [-0.1, -0.05) is 0 Å². The first-order valence-electron chi connectivity index (χ1n) is 5.28. The summed E-state index contributed by atoms with van der Waals surface area (Å²) >= 11 is 0. The maximum absolute atomic E-state index is 12.9. The third-order valence-electron chi connectivity index (χ3n) is 2.08. The van der Waals surface area contributed by atoms with Gasteiger partial charge in [0.2, 0.25) is 0 Å². The van der Waals surface area contributed by atoms with Gasteiger partial charge in [0, 0.05) is 13.1 Å². The Balaban J connectivity index is 3.29. The van der Waals surface area contributed by atoms with Gasteiger partial charge >= 0.3 is 12.0 Å². The van der Waals surface area contributed by atoms with E-state index < -0.39 is 39.7 Å². The quantitative estimate of drug-likeness (QED) is 0.737. The van der Waals surface area contributed by atoms with Crippen LogP contribution in [0.2, 0.25) is 0 Å². The number of pyridine rings is 1. The zero-order chi connectivity index (χ0) is 15.3. The lowest BCUT2D eigenvalue weighted by Gasteiger charge is -2.16. The molecule has 10 heteroatoms. The van der Waals surface area contributed by atoms with Crippen molar-refractivity contribution >= 4 is 22.0 Å². The van der Waals surface area contributed by atoms with Gasteiger partial charge in [-0.05, 0) is 12.1 Å². The summed E-state index contributed by atoms with van der Waals surface area (Å²) in [4.78, 5) is 24.7. The molecule has 0 aromatic carbocycles. The van der Waals surface area contributed by atoms with E-state index in [1.165, 1.54) is 17.0 Å². The summed E-state index contributed by atoms with van der Waals surface area (Å²) in [6, 6.07) is 1.05. The number of sulfonamides is 1. The van der Waals surface area contributed by atoms with Crippen molar-refractivity contribution in [3.8, 4) is 0 Å². The highest BCUT2D eigenvalue weighted by molar-refractivity contribution is 7.90. The minimum atomic E-state index is -4.33. The lowest BCUT2D eigenvalue weighted by atomic mass is 10.2. The van der Waals surface area contributed by atoms with E-state index >= 15 is 0 Å². The molecule has 0 aliphatic rings. The molecule has 110 valence electrons. The van der Waals surface area contributed by atoms with Crippen molar-refractivity contribution in [3.63, 3.8) is 0 Å². The number of halogens is 1. The zero-order valence-electron chi connectivity index (χ0n) is 10.4. The Hall–Kier alpha value is -2.23. The molecule has 0 aliphatic heterocycles. The number of rotatable bonds is 5. The molecule has 1 atom stereocenters. The highest BCUT2D eigenvalue weighted by atomic mass is 32.2. The Morgan fingerprint density at radius 1 is 1.55 bits per heavy atom. The Morgan fingerprint density at radius 2 is 2.20 bits per heavy atom. The standard InChI is InChI=1S/C10H12FN3O5S/c1-6(15)19-7(5-11)9-8(3-2-4-13-9)20(17,18)14-10(12)16/h2-4,7H,5H2,1H3,(H3,12,14,16). The Bertz CT molecular complexity index is 619. The molecule has 0 radical (unpaired) electrons. The molecule has 0 bridgehead atoms. The van der Waals surface area contributed by atoms with E-state index in [0.29, 0.717) is 0 Å². The summed E-state index contributed by atoms with van der Waals surface area (Å²) in [6.45, 7) is -0.128. The molecule has 0 saturated heterocycles. The first-order valence-corrected chi connectivity index (χ1v) is 6.76. The average Bonchev–Trinajstić information content (AvgIpc) is 2.34. The molecule has 1 unspecified atom stereocenters. The normalized spacial score (nSPS) is 12.5. The number of nitrogens with two attached hydrogens (primary N) is 1. The molecule has 8 nitrogen and oxygen atoms in total. The van der Waals surface area contributed by atoms with Crippen molar-refractivity contribution in [1.29, 1.82) is 0 Å². The lowest BCUT2D eigenvalue weighted by Crippen LogP contribution is -2.36. The first kappa shape index (κ1) is 15.8. The number of amides is 2. The molecule has 0 fully saturated rings. The predicted octanol–water partition coefficient (Wildman–Crippen LogP) is 0.0123. The van der Waals surface area contributed by atoms with Crippen LogP contribution in [-0.2, 0) is 19.6 Å². The van der Waals surface area contributed by atoms with Crippen molar-refractivity contribution in [2.75, 3.05) is 6.67 Å². The van der Waals surface area contributed by atoms with Crippen molar-refractivity contribution in [2.24, 2.45) is 5.73 Å². The van der Waals surface area contributed by atoms with Gasteiger partial charge in [0.15, 0.2) is 6.10 Å². The van der Waals surface area contributed by atoms with Crippen LogP contribution in [0.1, 0.15) is 18.7 Å². The molecular formula is C10H12FN3O5S. The number of primary amides is 1. The molecule has 1 aromatic heterocycles. The highest BCUT2D eigenvalue weighted by Crippen LogP contribution is 2.23. The summed E-state index contributed by atoms with van der Waals surface area (Å²) in [5.41, 5.74) is 4.41. The second-order valence-electron chi connectivity index (χ2n) is 3.61. The van der Waals surface area contributed by atoms with Gasteiger partial charge in [0.1, 0.15) is 17.3 Å². The summed E-state index contributed by atoms with van der Waals surface area (Å²) < 4.78 is 42.8. The Labute approximate surface area is 114 Å². The largest absolute Gasteiger partial charge is 0.453 e. The number of ether oxygens (including phenoxy) is 1. The lowest BCUT2D eigenvalue weighted by molar-refractivity contribution is -0.147. The van der Waals surface area contributed by atoms with Crippen LogP contribution < -0.4 is 10.5 Å². The smallest absolute Gasteiger partial charge is 0.326 e. The van der Waals surface area contributed by atoms with Crippen molar-refractivity contribution in [2.45, 2.75) is 17.9 Å². The number of carbonyl (C=O) groups excluding carboxylic acids is 2. The second kappa shape index (κ2) is 6.28. The molecule has 20 heavy (non-hydrogen) atoms. The van der Waals surface area contributed by atoms with Crippen LogP contribution in [0.5, 0.6) is 0 Å². The summed E-state index contributed by atoms with van der Waals surface area (Å²) in [5, 5.41) is 0. The third-order valence-corrected chi connectivity index (χ3v) is 3.47. The fourth-order valence-corrected chi connectivity index (χ4v) is 2.51. The minimum absolute atomic E-state index is 0.334. The van der Waals surface area contributed by atoms with Crippen LogP contribution in [0.3, 0.4) is 0 Å². The number of nitrogens with zero attached hydrogens (tertiary/aromatic N) is 1. The number of hydrogen-bond acceptors (Lipinski definition) is 6. The van der Waals surface area contributed by atoms with Crippen LogP contribution in [-0.4, -0.2) is 32.1 Å². The highest BCUT2D eigenvalue weighted by Gasteiger charge is 2.27. The first-order chi connectivity index (χ1) is 9.27. The van der Waals surface area contributed by atoms with Gasteiger partial charge < -0.3 is 10.5 Å². The molecule has 0 aliphatic carbocycles. The van der Waals surface area contributed by atoms with E-state index in [0.717, 1.165) is 13.0 Å². The Kier molecular flexibility index (Phi) is 4.97. The number of esters is 1. The monoisotopic (exact) mass is 305 g/mol. The van der Waals surface area contributed by atoms with Crippen molar-refractivity contribution in [1.82, 2.24) is 9.71 Å². The summed E-state index contributed by atoms with van der Waals surface area (Å²) in [6.07, 6.45) is -0.293. The molecule has 1 rings (SSSR count). The van der Waals surface area contributed by atoms with Gasteiger partial charge in [-0.25, -0.2) is 22.3 Å². The van der Waals surface area contributed by atoms with E-state index in [9.17, 15) is 22.4 Å². The average molecular weight is 305 g/mol. The molecule has 3 N–H and O–H groups in total. The van der Waals surface area contributed by atoms with Gasteiger partial charge in [-0.15, -0.1) is 0 Å². The number of nitrogens with one attached hydrogen (secondary N) is 1. The molecule has 1 aromatic rings. The SMILES string of the molecule is CC(=O)OC(CF)c1ncccc1S(=O)(=O)NC(N)=O. The molecule has 0 spiro atoms. The maximum atomic E-state index is 12.9. The van der Waals surface area contributed by atoms with Crippen LogP contribution in [0.25, 0.3) is 0 Å². The molecule has 2 amide bonds. The van der Waals surface area contributed by atoms with Crippen molar-refractivity contribution in [3.05, 3.63) is 24.0 Å². The van der Waals surface area contributed by atoms with E-state index in [4.69, 9.17) is 5.73 Å².